The minimum Gasteiger partial charge on any atom is -0.494 e. The molecule has 0 saturated carbocycles. The number of nitrogens with zero attached hydrogens (tertiary/aromatic N) is 1. The van der Waals surface area contributed by atoms with Crippen molar-refractivity contribution in [2.24, 2.45) is 0 Å². The first-order valence-corrected chi connectivity index (χ1v) is 4.96. The summed E-state index contributed by atoms with van der Waals surface area (Å²) in [6.45, 7) is 0. The van der Waals surface area contributed by atoms with Gasteiger partial charge in [0, 0.05) is 22.7 Å². The largest absolute Gasteiger partial charge is 0.494 e. The van der Waals surface area contributed by atoms with E-state index < -0.39 is 0 Å². The lowest BCUT2D eigenvalue weighted by molar-refractivity contribution is 0.419. The van der Waals surface area contributed by atoms with E-state index >= 15 is 0 Å². The summed E-state index contributed by atoms with van der Waals surface area (Å²) in [5.41, 5.74) is 6.94. The Hall–Kier alpha value is -1.19. The molecular formula is C10H8Cl2N2O. The smallest absolute Gasteiger partial charge is 0.146 e. The Kier molecular flexibility index (Phi) is 2.59. The minimum atomic E-state index is 0.409. The summed E-state index contributed by atoms with van der Waals surface area (Å²) >= 11 is 11.8. The van der Waals surface area contributed by atoms with E-state index in [1.807, 2.05) is 0 Å². The SMILES string of the molecule is COc1cc(Cl)cc2c(N)c(Cl)cnc12. The summed E-state index contributed by atoms with van der Waals surface area (Å²) in [5, 5.41) is 1.65. The van der Waals surface area contributed by atoms with Gasteiger partial charge in [0.15, 0.2) is 0 Å². The van der Waals surface area contributed by atoms with Gasteiger partial charge in [0.05, 0.1) is 17.8 Å². The molecule has 0 aliphatic rings. The number of nitrogens with two attached hydrogens (primary N) is 1. The summed E-state index contributed by atoms with van der Waals surface area (Å²) in [6.07, 6.45) is 1.50. The summed E-state index contributed by atoms with van der Waals surface area (Å²) in [4.78, 5) is 4.16. The van der Waals surface area contributed by atoms with Crippen molar-refractivity contribution in [2.75, 3.05) is 12.8 Å². The van der Waals surface area contributed by atoms with Gasteiger partial charge in [-0.15, -0.1) is 0 Å². The van der Waals surface area contributed by atoms with Crippen molar-refractivity contribution < 1.29 is 4.74 Å². The summed E-state index contributed by atoms with van der Waals surface area (Å²) in [7, 11) is 1.55. The number of halogens is 2. The first-order valence-electron chi connectivity index (χ1n) is 4.20. The molecule has 2 N–H and O–H groups in total. The van der Waals surface area contributed by atoms with Crippen LogP contribution in [0.1, 0.15) is 0 Å². The number of rotatable bonds is 1. The van der Waals surface area contributed by atoms with Gasteiger partial charge in [-0.2, -0.15) is 0 Å². The van der Waals surface area contributed by atoms with Crippen LogP contribution in [0.2, 0.25) is 10.0 Å². The van der Waals surface area contributed by atoms with Gasteiger partial charge < -0.3 is 10.5 Å². The van der Waals surface area contributed by atoms with Crippen molar-refractivity contribution in [3.05, 3.63) is 28.4 Å². The van der Waals surface area contributed by atoms with Gasteiger partial charge in [0.1, 0.15) is 11.3 Å². The van der Waals surface area contributed by atoms with Crippen molar-refractivity contribution >= 4 is 39.8 Å². The Bertz CT molecular complexity index is 528. The number of anilines is 1. The summed E-state index contributed by atoms with van der Waals surface area (Å²) in [6, 6.07) is 3.40. The molecule has 0 aliphatic carbocycles. The number of pyridine rings is 1. The lowest BCUT2D eigenvalue weighted by Gasteiger charge is -2.08. The number of hydrogen-bond donors (Lipinski definition) is 1. The van der Waals surface area contributed by atoms with Crippen molar-refractivity contribution in [1.82, 2.24) is 4.98 Å². The summed E-state index contributed by atoms with van der Waals surface area (Å²) < 4.78 is 5.16. The average molecular weight is 243 g/mol. The van der Waals surface area contributed by atoms with Gasteiger partial charge in [-0.25, -0.2) is 0 Å². The molecule has 0 fully saturated rings. The van der Waals surface area contributed by atoms with E-state index in [0.29, 0.717) is 32.4 Å². The zero-order valence-corrected chi connectivity index (χ0v) is 9.43. The highest BCUT2D eigenvalue weighted by molar-refractivity contribution is 6.35. The maximum absolute atomic E-state index is 5.92. The van der Waals surface area contributed by atoms with Crippen LogP contribution in [0.4, 0.5) is 5.69 Å². The molecule has 3 nitrogen and oxygen atoms in total. The van der Waals surface area contributed by atoms with E-state index in [4.69, 9.17) is 33.7 Å². The molecule has 0 aliphatic heterocycles. The third-order valence-corrected chi connectivity index (χ3v) is 2.63. The van der Waals surface area contributed by atoms with Crippen LogP contribution in [0.15, 0.2) is 18.3 Å². The number of ether oxygens (including phenoxy) is 1. The maximum atomic E-state index is 5.92. The number of fused-ring (bicyclic) bond motifs is 1. The number of nitrogen functional groups attached to an aromatic ring is 1. The first-order chi connectivity index (χ1) is 7.13. The van der Waals surface area contributed by atoms with Crippen LogP contribution < -0.4 is 10.5 Å². The zero-order chi connectivity index (χ0) is 11.0. The van der Waals surface area contributed by atoms with Crippen LogP contribution in [-0.4, -0.2) is 12.1 Å². The van der Waals surface area contributed by atoms with Crippen LogP contribution in [0.25, 0.3) is 10.9 Å². The van der Waals surface area contributed by atoms with Gasteiger partial charge in [-0.1, -0.05) is 23.2 Å². The Labute approximate surface area is 96.8 Å². The normalized spacial score (nSPS) is 10.6. The predicted molar refractivity (Wildman–Crippen MR) is 62.7 cm³/mol. The molecule has 2 rings (SSSR count). The molecule has 0 atom stereocenters. The van der Waals surface area contributed by atoms with E-state index in [0.717, 1.165) is 0 Å². The highest BCUT2D eigenvalue weighted by Crippen LogP contribution is 2.34. The van der Waals surface area contributed by atoms with Crippen molar-refractivity contribution in [3.8, 4) is 5.75 Å². The number of aromatic nitrogens is 1. The van der Waals surface area contributed by atoms with Crippen molar-refractivity contribution in [2.45, 2.75) is 0 Å². The van der Waals surface area contributed by atoms with E-state index in [9.17, 15) is 0 Å². The van der Waals surface area contributed by atoms with Gasteiger partial charge in [-0.05, 0) is 6.07 Å². The minimum absolute atomic E-state index is 0.409. The zero-order valence-electron chi connectivity index (χ0n) is 7.92. The van der Waals surface area contributed by atoms with Gasteiger partial charge >= 0.3 is 0 Å². The molecule has 0 spiro atoms. The molecule has 1 aromatic carbocycles. The lowest BCUT2D eigenvalue weighted by atomic mass is 10.2. The van der Waals surface area contributed by atoms with E-state index in [1.165, 1.54) is 6.20 Å². The van der Waals surface area contributed by atoms with Crippen LogP contribution in [0.5, 0.6) is 5.75 Å². The van der Waals surface area contributed by atoms with Crippen molar-refractivity contribution in [1.29, 1.82) is 0 Å². The molecule has 0 radical (unpaired) electrons. The molecule has 1 aromatic heterocycles. The third kappa shape index (κ3) is 1.68. The van der Waals surface area contributed by atoms with Crippen LogP contribution >= 0.6 is 23.2 Å². The molecule has 78 valence electrons. The van der Waals surface area contributed by atoms with Crippen LogP contribution in [0, 0.1) is 0 Å². The Balaban J connectivity index is 2.89. The number of hydrogen-bond acceptors (Lipinski definition) is 3. The Morgan fingerprint density at radius 3 is 2.73 bits per heavy atom. The molecule has 15 heavy (non-hydrogen) atoms. The van der Waals surface area contributed by atoms with E-state index in [1.54, 1.807) is 19.2 Å². The number of methoxy groups -OCH3 is 1. The van der Waals surface area contributed by atoms with Crippen LogP contribution in [-0.2, 0) is 0 Å². The molecule has 0 bridgehead atoms. The van der Waals surface area contributed by atoms with E-state index in [2.05, 4.69) is 4.98 Å². The molecular weight excluding hydrogens is 235 g/mol. The fourth-order valence-corrected chi connectivity index (χ4v) is 1.75. The quantitative estimate of drug-likeness (QED) is 0.836. The molecule has 0 unspecified atom stereocenters. The van der Waals surface area contributed by atoms with Crippen LogP contribution in [0.3, 0.4) is 0 Å². The van der Waals surface area contributed by atoms with Gasteiger partial charge in [-0.3, -0.25) is 4.98 Å². The monoisotopic (exact) mass is 242 g/mol. The lowest BCUT2D eigenvalue weighted by Crippen LogP contribution is -1.93. The number of benzene rings is 1. The third-order valence-electron chi connectivity index (χ3n) is 2.11. The standard InChI is InChI=1S/C10H8Cl2N2O/c1-15-8-3-5(11)2-6-9(13)7(12)4-14-10(6)8/h2-4H,1H3,(H2,13,14). The Morgan fingerprint density at radius 1 is 1.33 bits per heavy atom. The topological polar surface area (TPSA) is 48.1 Å². The molecule has 0 saturated heterocycles. The molecule has 0 amide bonds. The second-order valence-corrected chi connectivity index (χ2v) is 3.87. The first kappa shape index (κ1) is 10.3. The average Bonchev–Trinajstić information content (AvgIpc) is 2.23. The molecule has 5 heteroatoms. The predicted octanol–water partition coefficient (Wildman–Crippen LogP) is 3.13. The second kappa shape index (κ2) is 3.76. The van der Waals surface area contributed by atoms with Crippen molar-refractivity contribution in [3.63, 3.8) is 0 Å². The van der Waals surface area contributed by atoms with E-state index in [-0.39, 0.29) is 0 Å². The fourth-order valence-electron chi connectivity index (χ4n) is 1.39. The summed E-state index contributed by atoms with van der Waals surface area (Å²) in [5.74, 6) is 0.584. The maximum Gasteiger partial charge on any atom is 0.146 e. The highest BCUT2D eigenvalue weighted by Gasteiger charge is 2.09. The fraction of sp³-hybridized carbons (Fsp3) is 0.100. The molecule has 2 aromatic rings. The van der Waals surface area contributed by atoms with Gasteiger partial charge in [0.2, 0.25) is 0 Å². The highest BCUT2D eigenvalue weighted by atomic mass is 35.5. The second-order valence-electron chi connectivity index (χ2n) is 3.02. The molecule has 1 heterocycles. The van der Waals surface area contributed by atoms with Gasteiger partial charge in [0.25, 0.3) is 0 Å². The Morgan fingerprint density at radius 2 is 2.07 bits per heavy atom.